The van der Waals surface area contributed by atoms with E-state index in [1.807, 2.05) is 48.8 Å². The van der Waals surface area contributed by atoms with Gasteiger partial charge in [0.2, 0.25) is 0 Å². The zero-order valence-corrected chi connectivity index (χ0v) is 20.1. The molecular formula is C29H24FN7. The summed E-state index contributed by atoms with van der Waals surface area (Å²) in [6.07, 6.45) is 6.31. The summed E-state index contributed by atoms with van der Waals surface area (Å²) in [5.41, 5.74) is 7.87. The highest BCUT2D eigenvalue weighted by atomic mass is 19.1. The van der Waals surface area contributed by atoms with Crippen molar-refractivity contribution >= 4 is 22.1 Å². The number of fused-ring (bicyclic) bond motifs is 2. The Balaban J connectivity index is 1.29. The summed E-state index contributed by atoms with van der Waals surface area (Å²) in [5.74, 6) is 0.298. The van der Waals surface area contributed by atoms with Gasteiger partial charge in [-0.1, -0.05) is 30.3 Å². The van der Waals surface area contributed by atoms with Gasteiger partial charge in [0.05, 0.1) is 22.2 Å². The number of hydrogen-bond acceptors (Lipinski definition) is 5. The molecule has 1 saturated heterocycles. The Morgan fingerprint density at radius 3 is 2.59 bits per heavy atom. The Kier molecular flexibility index (Phi) is 5.25. The number of nitrogens with one attached hydrogen (secondary N) is 2. The van der Waals surface area contributed by atoms with E-state index < -0.39 is 0 Å². The number of imidazole rings is 1. The molecule has 2 aromatic carbocycles. The number of pyridine rings is 2. The van der Waals surface area contributed by atoms with Crippen LogP contribution in [0.15, 0.2) is 73.1 Å². The van der Waals surface area contributed by atoms with Crippen LogP contribution in [0, 0.1) is 5.82 Å². The van der Waals surface area contributed by atoms with E-state index in [2.05, 4.69) is 31.1 Å². The summed E-state index contributed by atoms with van der Waals surface area (Å²) >= 11 is 0. The lowest BCUT2D eigenvalue weighted by Gasteiger charge is -2.14. The van der Waals surface area contributed by atoms with E-state index in [0.717, 1.165) is 47.5 Å². The Morgan fingerprint density at radius 1 is 0.838 bits per heavy atom. The molecule has 5 heterocycles. The van der Waals surface area contributed by atoms with Crippen molar-refractivity contribution in [3.63, 3.8) is 0 Å². The first-order valence-corrected chi connectivity index (χ1v) is 12.5. The lowest BCUT2D eigenvalue weighted by molar-refractivity contribution is 0.331. The first-order chi connectivity index (χ1) is 18.2. The smallest absolute Gasteiger partial charge is 0.161 e. The van der Waals surface area contributed by atoms with Crippen molar-refractivity contribution in [2.75, 3.05) is 13.1 Å². The van der Waals surface area contributed by atoms with Gasteiger partial charge in [0.1, 0.15) is 11.3 Å². The van der Waals surface area contributed by atoms with Crippen molar-refractivity contribution in [2.24, 2.45) is 0 Å². The Labute approximate surface area is 212 Å². The first-order valence-electron chi connectivity index (χ1n) is 12.5. The average molecular weight is 490 g/mol. The second-order valence-electron chi connectivity index (χ2n) is 9.50. The van der Waals surface area contributed by atoms with Crippen molar-refractivity contribution in [3.8, 4) is 33.9 Å². The standard InChI is InChI=1S/C29H24FN7/c30-22-8-2-1-6-20(22)21-7-5-9-24-26(21)34-29(33-24)28-27-25(35-36-28)11-10-23(32-27)19-14-18(15-31-16-19)17-37-12-3-4-13-37/h1-2,5-11,14-16H,3-4,12-13,17H2,(H,33,34)(H,35,36). The number of aromatic amines is 2. The van der Waals surface area contributed by atoms with E-state index in [1.165, 1.54) is 24.5 Å². The molecule has 182 valence electrons. The molecule has 1 aliphatic rings. The van der Waals surface area contributed by atoms with Crippen LogP contribution in [0.4, 0.5) is 4.39 Å². The monoisotopic (exact) mass is 489 g/mol. The fourth-order valence-corrected chi connectivity index (χ4v) is 5.18. The number of nitrogens with zero attached hydrogens (tertiary/aromatic N) is 5. The largest absolute Gasteiger partial charge is 0.336 e. The van der Waals surface area contributed by atoms with Gasteiger partial charge in [-0.25, -0.2) is 14.4 Å². The zero-order chi connectivity index (χ0) is 24.8. The number of para-hydroxylation sites is 1. The van der Waals surface area contributed by atoms with Crippen LogP contribution in [0.25, 0.3) is 56.0 Å². The van der Waals surface area contributed by atoms with Crippen LogP contribution in [0.1, 0.15) is 18.4 Å². The predicted octanol–water partition coefficient (Wildman–Crippen LogP) is 5.97. The second-order valence-corrected chi connectivity index (χ2v) is 9.50. The number of likely N-dealkylation sites (tertiary alicyclic amines) is 1. The maximum atomic E-state index is 14.6. The van der Waals surface area contributed by atoms with E-state index in [9.17, 15) is 4.39 Å². The highest BCUT2D eigenvalue weighted by Crippen LogP contribution is 2.33. The van der Waals surface area contributed by atoms with Crippen LogP contribution in [-0.2, 0) is 6.54 Å². The molecule has 1 fully saturated rings. The third kappa shape index (κ3) is 3.95. The number of H-pyrrole nitrogens is 2. The molecule has 4 aromatic heterocycles. The molecule has 0 radical (unpaired) electrons. The molecule has 0 bridgehead atoms. The van der Waals surface area contributed by atoms with Gasteiger partial charge in [0, 0.05) is 35.6 Å². The van der Waals surface area contributed by atoms with Gasteiger partial charge in [-0.05, 0) is 61.8 Å². The topological polar surface area (TPSA) is 86.4 Å². The van der Waals surface area contributed by atoms with Crippen molar-refractivity contribution < 1.29 is 4.39 Å². The van der Waals surface area contributed by atoms with Crippen molar-refractivity contribution in [1.29, 1.82) is 0 Å². The third-order valence-corrected chi connectivity index (χ3v) is 7.00. The van der Waals surface area contributed by atoms with Crippen LogP contribution in [0.3, 0.4) is 0 Å². The minimum atomic E-state index is -0.281. The van der Waals surface area contributed by atoms with E-state index in [0.29, 0.717) is 28.1 Å². The van der Waals surface area contributed by atoms with Gasteiger partial charge < -0.3 is 4.98 Å². The Bertz CT molecular complexity index is 1750. The minimum Gasteiger partial charge on any atom is -0.336 e. The fourth-order valence-electron chi connectivity index (χ4n) is 5.18. The number of aromatic nitrogens is 6. The van der Waals surface area contributed by atoms with E-state index in [1.54, 1.807) is 12.1 Å². The van der Waals surface area contributed by atoms with Crippen molar-refractivity contribution in [2.45, 2.75) is 19.4 Å². The number of hydrogen-bond donors (Lipinski definition) is 2. The number of benzene rings is 2. The summed E-state index contributed by atoms with van der Waals surface area (Å²) in [6.45, 7) is 3.19. The Hall–Kier alpha value is -4.43. The molecule has 8 heteroatoms. The van der Waals surface area contributed by atoms with Gasteiger partial charge in [0.15, 0.2) is 11.5 Å². The van der Waals surface area contributed by atoms with Gasteiger partial charge in [0.25, 0.3) is 0 Å². The fraction of sp³-hybridized carbons (Fsp3) is 0.172. The summed E-state index contributed by atoms with van der Waals surface area (Å²) in [7, 11) is 0. The van der Waals surface area contributed by atoms with E-state index in [4.69, 9.17) is 9.97 Å². The van der Waals surface area contributed by atoms with Crippen LogP contribution >= 0.6 is 0 Å². The number of halogens is 1. The molecule has 0 amide bonds. The van der Waals surface area contributed by atoms with Gasteiger partial charge in [-0.3, -0.25) is 15.0 Å². The van der Waals surface area contributed by atoms with Crippen molar-refractivity contribution in [1.82, 2.24) is 35.0 Å². The lowest BCUT2D eigenvalue weighted by atomic mass is 10.0. The zero-order valence-electron chi connectivity index (χ0n) is 20.1. The molecule has 0 atom stereocenters. The van der Waals surface area contributed by atoms with Crippen LogP contribution in [0.2, 0.25) is 0 Å². The second kappa shape index (κ2) is 8.90. The maximum absolute atomic E-state index is 14.6. The summed E-state index contributed by atoms with van der Waals surface area (Å²) in [4.78, 5) is 20.1. The normalized spacial score (nSPS) is 14.2. The SMILES string of the molecule is Fc1ccccc1-c1cccc2[nH]c(-c3n[nH]c4ccc(-c5cncc(CN6CCCC6)c5)nc34)nc12. The average Bonchev–Trinajstić information content (AvgIpc) is 3.68. The summed E-state index contributed by atoms with van der Waals surface area (Å²) < 4.78 is 14.6. The maximum Gasteiger partial charge on any atom is 0.161 e. The molecule has 0 aliphatic carbocycles. The van der Waals surface area contributed by atoms with Crippen LogP contribution < -0.4 is 0 Å². The predicted molar refractivity (Wildman–Crippen MR) is 142 cm³/mol. The van der Waals surface area contributed by atoms with Gasteiger partial charge in [-0.2, -0.15) is 5.10 Å². The van der Waals surface area contributed by atoms with E-state index in [-0.39, 0.29) is 5.82 Å². The van der Waals surface area contributed by atoms with E-state index >= 15 is 0 Å². The lowest BCUT2D eigenvalue weighted by Crippen LogP contribution is -2.18. The molecule has 7 rings (SSSR count). The highest BCUT2D eigenvalue weighted by molar-refractivity contribution is 5.96. The highest BCUT2D eigenvalue weighted by Gasteiger charge is 2.18. The molecule has 7 nitrogen and oxygen atoms in total. The number of rotatable bonds is 5. The molecular weight excluding hydrogens is 465 g/mol. The van der Waals surface area contributed by atoms with Crippen LogP contribution in [-0.4, -0.2) is 48.1 Å². The molecule has 0 spiro atoms. The Morgan fingerprint density at radius 2 is 1.70 bits per heavy atom. The summed E-state index contributed by atoms with van der Waals surface area (Å²) in [5, 5.41) is 7.59. The van der Waals surface area contributed by atoms with Crippen LogP contribution in [0.5, 0.6) is 0 Å². The summed E-state index contributed by atoms with van der Waals surface area (Å²) in [6, 6.07) is 18.6. The van der Waals surface area contributed by atoms with Gasteiger partial charge in [-0.15, -0.1) is 0 Å². The molecule has 6 aromatic rings. The molecule has 0 unspecified atom stereocenters. The molecule has 0 saturated carbocycles. The first kappa shape index (κ1) is 21.8. The quantitative estimate of drug-likeness (QED) is 0.312. The minimum absolute atomic E-state index is 0.281. The molecule has 37 heavy (non-hydrogen) atoms. The van der Waals surface area contributed by atoms with Gasteiger partial charge >= 0.3 is 0 Å². The molecule has 2 N–H and O–H groups in total. The third-order valence-electron chi connectivity index (χ3n) is 7.00. The van der Waals surface area contributed by atoms with Crippen molar-refractivity contribution in [3.05, 3.63) is 84.4 Å². The molecule has 1 aliphatic heterocycles.